The molecule has 0 spiro atoms. The van der Waals surface area contributed by atoms with Gasteiger partial charge in [-0.25, -0.2) is 0 Å². The van der Waals surface area contributed by atoms with Gasteiger partial charge in [0, 0.05) is 36.3 Å². The van der Waals surface area contributed by atoms with E-state index in [2.05, 4.69) is 53.5 Å². The molecule has 4 rings (SSSR count). The molecular weight excluding hydrogens is 454 g/mol. The molecule has 0 bridgehead atoms. The molecule has 1 saturated heterocycles. The summed E-state index contributed by atoms with van der Waals surface area (Å²) in [4.78, 5) is 17.5. The molecule has 1 heterocycles. The lowest BCUT2D eigenvalue weighted by Crippen LogP contribution is -2.44. The van der Waals surface area contributed by atoms with Gasteiger partial charge in [-0.3, -0.25) is 9.69 Å². The van der Waals surface area contributed by atoms with Crippen LogP contribution in [0.15, 0.2) is 72.8 Å². The highest BCUT2D eigenvalue weighted by molar-refractivity contribution is 6.30. The summed E-state index contributed by atoms with van der Waals surface area (Å²) in [6, 6.07) is 25.0. The molecule has 0 aromatic heterocycles. The fourth-order valence-corrected chi connectivity index (χ4v) is 4.95. The minimum atomic E-state index is -0.0405. The molecule has 1 aliphatic heterocycles. The summed E-state index contributed by atoms with van der Waals surface area (Å²) in [6.07, 6.45) is 4.75. The predicted octanol–water partition coefficient (Wildman–Crippen LogP) is 5.90. The van der Waals surface area contributed by atoms with E-state index >= 15 is 0 Å². The molecule has 5 heteroatoms. The normalized spacial score (nSPS) is 16.4. The Morgan fingerprint density at radius 1 is 0.914 bits per heavy atom. The molecule has 0 aliphatic carbocycles. The molecule has 3 aromatic carbocycles. The first-order chi connectivity index (χ1) is 17.0. The largest absolute Gasteiger partial charge is 0.352 e. The molecule has 0 radical (unpaired) electrons. The minimum Gasteiger partial charge on any atom is -0.352 e. The Bertz CT molecular complexity index is 1080. The lowest BCUT2D eigenvalue weighted by atomic mass is 10.0. The van der Waals surface area contributed by atoms with Crippen molar-refractivity contribution in [3.8, 4) is 11.1 Å². The van der Waals surface area contributed by atoms with Crippen LogP contribution in [0.25, 0.3) is 11.1 Å². The molecule has 1 atom stereocenters. The predicted molar refractivity (Wildman–Crippen MR) is 146 cm³/mol. The van der Waals surface area contributed by atoms with Gasteiger partial charge in [0.15, 0.2) is 0 Å². The lowest BCUT2D eigenvalue weighted by Gasteiger charge is -2.37. The molecule has 1 N–H and O–H groups in total. The lowest BCUT2D eigenvalue weighted by molar-refractivity contribution is 0.0954. The number of likely N-dealkylation sites (tertiary alicyclic amines) is 1. The first kappa shape index (κ1) is 25.4. The Kier molecular flexibility index (Phi) is 8.97. The number of benzene rings is 3. The van der Waals surface area contributed by atoms with Gasteiger partial charge in [-0.15, -0.1) is 0 Å². The van der Waals surface area contributed by atoms with E-state index in [0.717, 1.165) is 35.7 Å². The van der Waals surface area contributed by atoms with Crippen LogP contribution in [-0.4, -0.2) is 55.5 Å². The molecule has 35 heavy (non-hydrogen) atoms. The molecule has 184 valence electrons. The first-order valence-corrected chi connectivity index (χ1v) is 13.0. The van der Waals surface area contributed by atoms with Crippen molar-refractivity contribution in [3.63, 3.8) is 0 Å². The van der Waals surface area contributed by atoms with E-state index in [1.807, 2.05) is 48.5 Å². The van der Waals surface area contributed by atoms with Crippen molar-refractivity contribution in [2.24, 2.45) is 0 Å². The molecule has 4 nitrogen and oxygen atoms in total. The van der Waals surface area contributed by atoms with Gasteiger partial charge in [0.2, 0.25) is 0 Å². The third-order valence-electron chi connectivity index (χ3n) is 6.76. The van der Waals surface area contributed by atoms with Gasteiger partial charge in [0.05, 0.1) is 0 Å². The average molecular weight is 490 g/mol. The topological polar surface area (TPSA) is 35.6 Å². The highest BCUT2D eigenvalue weighted by atomic mass is 35.5. The van der Waals surface area contributed by atoms with Gasteiger partial charge in [0.1, 0.15) is 0 Å². The van der Waals surface area contributed by atoms with Gasteiger partial charge in [0.25, 0.3) is 5.91 Å². The van der Waals surface area contributed by atoms with Crippen LogP contribution in [0.2, 0.25) is 5.02 Å². The zero-order valence-corrected chi connectivity index (χ0v) is 21.6. The number of piperidine rings is 1. The monoisotopic (exact) mass is 489 g/mol. The number of carbonyl (C=O) groups is 1. The summed E-state index contributed by atoms with van der Waals surface area (Å²) < 4.78 is 0. The standard InChI is InChI=1S/C30H36ClN3O/c1-33(2)22-29-5-3-4-20-34(29)21-24-8-6-23(7-9-24)18-19-32-30(35)27-12-10-25(11-13-27)26-14-16-28(31)17-15-26/h6-17,29H,3-5,18-22H2,1-2H3,(H,32,35). The molecule has 1 aliphatic rings. The second kappa shape index (κ2) is 12.3. The Labute approximate surface area is 214 Å². The van der Waals surface area contributed by atoms with Crippen LogP contribution >= 0.6 is 11.6 Å². The van der Waals surface area contributed by atoms with Crippen LogP contribution in [0.4, 0.5) is 0 Å². The molecule has 1 amide bonds. The summed E-state index contributed by atoms with van der Waals surface area (Å²) in [7, 11) is 4.33. The van der Waals surface area contributed by atoms with Crippen LogP contribution in [-0.2, 0) is 13.0 Å². The van der Waals surface area contributed by atoms with Gasteiger partial charge < -0.3 is 10.2 Å². The molecule has 1 fully saturated rings. The molecule has 3 aromatic rings. The molecule has 0 saturated carbocycles. The summed E-state index contributed by atoms with van der Waals surface area (Å²) in [6.45, 7) is 3.95. The second-order valence-corrected chi connectivity index (χ2v) is 10.2. The Balaban J connectivity index is 1.24. The maximum Gasteiger partial charge on any atom is 0.251 e. The summed E-state index contributed by atoms with van der Waals surface area (Å²) >= 11 is 5.97. The minimum absolute atomic E-state index is 0.0405. The number of halogens is 1. The summed E-state index contributed by atoms with van der Waals surface area (Å²) in [5.41, 5.74) is 5.43. The van der Waals surface area contributed by atoms with Crippen molar-refractivity contribution >= 4 is 17.5 Å². The fourth-order valence-electron chi connectivity index (χ4n) is 4.82. The highest BCUT2D eigenvalue weighted by Crippen LogP contribution is 2.22. The second-order valence-electron chi connectivity index (χ2n) is 9.79. The van der Waals surface area contributed by atoms with E-state index in [0.29, 0.717) is 18.2 Å². The van der Waals surface area contributed by atoms with Crippen LogP contribution in [0.1, 0.15) is 40.7 Å². The van der Waals surface area contributed by atoms with Crippen molar-refractivity contribution in [3.05, 3.63) is 94.5 Å². The number of amides is 1. The number of rotatable bonds is 9. The number of nitrogens with zero attached hydrogens (tertiary/aromatic N) is 2. The average Bonchev–Trinajstić information content (AvgIpc) is 2.86. The number of carbonyl (C=O) groups excluding carboxylic acids is 1. The number of likely N-dealkylation sites (N-methyl/N-ethyl adjacent to an activating group) is 1. The van der Waals surface area contributed by atoms with Gasteiger partial charge in [-0.2, -0.15) is 0 Å². The Hall–Kier alpha value is -2.66. The SMILES string of the molecule is CN(C)CC1CCCCN1Cc1ccc(CCNC(=O)c2ccc(-c3ccc(Cl)cc3)cc2)cc1. The van der Waals surface area contributed by atoms with Crippen LogP contribution in [0.3, 0.4) is 0 Å². The third-order valence-corrected chi connectivity index (χ3v) is 7.01. The highest BCUT2D eigenvalue weighted by Gasteiger charge is 2.22. The Morgan fingerprint density at radius 2 is 1.54 bits per heavy atom. The summed E-state index contributed by atoms with van der Waals surface area (Å²) in [5, 5.41) is 3.77. The zero-order chi connectivity index (χ0) is 24.6. The smallest absolute Gasteiger partial charge is 0.251 e. The van der Waals surface area contributed by atoms with Gasteiger partial charge in [-0.05, 0) is 86.4 Å². The van der Waals surface area contributed by atoms with Crippen LogP contribution in [0, 0.1) is 0 Å². The zero-order valence-electron chi connectivity index (χ0n) is 20.8. The first-order valence-electron chi connectivity index (χ1n) is 12.6. The molecular formula is C30H36ClN3O. The van der Waals surface area contributed by atoms with Crippen molar-refractivity contribution in [2.45, 2.75) is 38.3 Å². The van der Waals surface area contributed by atoms with Crippen molar-refractivity contribution < 1.29 is 4.79 Å². The van der Waals surface area contributed by atoms with E-state index in [-0.39, 0.29) is 5.91 Å². The Morgan fingerprint density at radius 3 is 2.20 bits per heavy atom. The van der Waals surface area contributed by atoms with Crippen LogP contribution < -0.4 is 5.32 Å². The molecule has 1 unspecified atom stereocenters. The maximum absolute atomic E-state index is 12.6. The van der Waals surface area contributed by atoms with Crippen molar-refractivity contribution in [1.29, 1.82) is 0 Å². The van der Waals surface area contributed by atoms with E-state index in [1.54, 1.807) is 0 Å². The van der Waals surface area contributed by atoms with E-state index < -0.39 is 0 Å². The van der Waals surface area contributed by atoms with Gasteiger partial charge in [-0.1, -0.05) is 66.6 Å². The number of nitrogens with one attached hydrogen (secondary N) is 1. The summed E-state index contributed by atoms with van der Waals surface area (Å²) in [5.74, 6) is -0.0405. The number of hydrogen-bond donors (Lipinski definition) is 1. The fraction of sp³-hybridized carbons (Fsp3) is 0.367. The van der Waals surface area contributed by atoms with E-state index in [9.17, 15) is 4.79 Å². The van der Waals surface area contributed by atoms with Crippen LogP contribution in [0.5, 0.6) is 0 Å². The number of hydrogen-bond acceptors (Lipinski definition) is 3. The quantitative estimate of drug-likeness (QED) is 0.406. The van der Waals surface area contributed by atoms with E-state index in [1.165, 1.54) is 36.9 Å². The maximum atomic E-state index is 12.6. The third kappa shape index (κ3) is 7.41. The van der Waals surface area contributed by atoms with E-state index in [4.69, 9.17) is 11.6 Å². The van der Waals surface area contributed by atoms with Gasteiger partial charge >= 0.3 is 0 Å². The van der Waals surface area contributed by atoms with Crippen molar-refractivity contribution in [1.82, 2.24) is 15.1 Å². The van der Waals surface area contributed by atoms with Crippen molar-refractivity contribution in [2.75, 3.05) is 33.7 Å².